The fourth-order valence-corrected chi connectivity index (χ4v) is 3.54. The van der Waals surface area contributed by atoms with Crippen LogP contribution in [-0.4, -0.2) is 15.2 Å². The van der Waals surface area contributed by atoms with Gasteiger partial charge in [0.2, 0.25) is 0 Å². The van der Waals surface area contributed by atoms with Gasteiger partial charge < -0.3 is 9.73 Å². The number of thioether (sulfide) groups is 1. The van der Waals surface area contributed by atoms with Gasteiger partial charge in [-0.05, 0) is 18.2 Å². The molecule has 1 aromatic carbocycles. The number of fused-ring (bicyclic) bond motifs is 1. The summed E-state index contributed by atoms with van der Waals surface area (Å²) in [6, 6.07) is 11.0. The quantitative estimate of drug-likeness (QED) is 0.391. The molecule has 27 heavy (non-hydrogen) atoms. The summed E-state index contributed by atoms with van der Waals surface area (Å²) in [5, 5.41) is 12.5. The Labute approximate surface area is 164 Å². The average molecular weight is 387 g/mol. The maximum absolute atomic E-state index is 11.8. The van der Waals surface area contributed by atoms with Crippen LogP contribution in [0.5, 0.6) is 0 Å². The monoisotopic (exact) mass is 387 g/mol. The van der Waals surface area contributed by atoms with Crippen molar-refractivity contribution in [2.45, 2.75) is 0 Å². The summed E-state index contributed by atoms with van der Waals surface area (Å²) >= 11 is 6.18. The maximum atomic E-state index is 11.8. The fourth-order valence-electron chi connectivity index (χ4n) is 2.52. The first kappa shape index (κ1) is 17.0. The Bertz CT molecular complexity index is 1240. The van der Waals surface area contributed by atoms with Crippen LogP contribution in [0.4, 0.5) is 0 Å². The Balaban J connectivity index is 1.74. The van der Waals surface area contributed by atoms with Crippen LogP contribution in [0.15, 0.2) is 52.0 Å². The summed E-state index contributed by atoms with van der Waals surface area (Å²) in [6.07, 6.45) is 4.92. The molecule has 0 radical (unpaired) electrons. The molecule has 0 aliphatic carbocycles. The van der Waals surface area contributed by atoms with Crippen molar-refractivity contribution in [1.29, 1.82) is 5.26 Å². The largest absolute Gasteiger partial charge is 0.455 e. The summed E-state index contributed by atoms with van der Waals surface area (Å²) in [6.45, 7) is 0. The Morgan fingerprint density at radius 3 is 2.70 bits per heavy atom. The zero-order chi connectivity index (χ0) is 18.8. The second-order valence-electron chi connectivity index (χ2n) is 5.51. The Kier molecular flexibility index (Phi) is 4.47. The molecule has 4 rings (SSSR count). The molecule has 0 atom stereocenters. The summed E-state index contributed by atoms with van der Waals surface area (Å²) in [5.41, 5.74) is 2.32. The summed E-state index contributed by atoms with van der Waals surface area (Å²) in [4.78, 5) is 16.5. The van der Waals surface area contributed by atoms with Gasteiger partial charge >= 0.3 is 0 Å². The number of thiocarbonyl (C=S) groups is 1. The molecule has 128 valence electrons. The lowest BCUT2D eigenvalue weighted by Gasteiger charge is -1.94. The van der Waals surface area contributed by atoms with Gasteiger partial charge in [0.15, 0.2) is 5.58 Å². The number of hydrogen-bond acceptors (Lipinski definition) is 6. The van der Waals surface area contributed by atoms with E-state index in [9.17, 15) is 4.79 Å². The number of nitrogens with one attached hydrogen (secondary N) is 1. The lowest BCUT2D eigenvalue weighted by atomic mass is 10.1. The van der Waals surface area contributed by atoms with E-state index in [4.69, 9.17) is 21.9 Å². The molecule has 1 fully saturated rings. The molecule has 1 saturated heterocycles. The third kappa shape index (κ3) is 3.47. The number of aromatic nitrogens is 1. The third-order valence-electron chi connectivity index (χ3n) is 3.74. The van der Waals surface area contributed by atoms with E-state index in [-0.39, 0.29) is 5.91 Å². The van der Waals surface area contributed by atoms with Crippen LogP contribution in [0.1, 0.15) is 22.5 Å². The summed E-state index contributed by atoms with van der Waals surface area (Å²) < 4.78 is 6.29. The summed E-state index contributed by atoms with van der Waals surface area (Å²) in [5.74, 6) is 6.29. The molecular weight excluding hydrogens is 378 g/mol. The lowest BCUT2D eigenvalue weighted by Crippen LogP contribution is -2.17. The second-order valence-corrected chi connectivity index (χ2v) is 7.23. The zero-order valence-corrected chi connectivity index (χ0v) is 15.3. The average Bonchev–Trinajstić information content (AvgIpc) is 3.22. The standard InChI is InChI=1S/C20H9N3O2S2/c21-9-13-4-2-1-3-12(13)5-6-14-10-22-11-15-7-16(25-18(14)15)8-17-19(24)23-20(26)27-17/h1-4,7-8,10-11H,(H,23,24,26). The molecule has 0 saturated carbocycles. The zero-order valence-electron chi connectivity index (χ0n) is 13.6. The first-order chi connectivity index (χ1) is 13.1. The van der Waals surface area contributed by atoms with Crippen LogP contribution in [0.2, 0.25) is 0 Å². The molecule has 0 unspecified atom stereocenters. The van der Waals surface area contributed by atoms with Gasteiger partial charge in [-0.3, -0.25) is 9.78 Å². The molecule has 3 heterocycles. The van der Waals surface area contributed by atoms with Gasteiger partial charge in [-0.1, -0.05) is 48.0 Å². The minimum Gasteiger partial charge on any atom is -0.455 e. The van der Waals surface area contributed by atoms with Gasteiger partial charge in [-0.15, -0.1) is 0 Å². The molecule has 1 aliphatic rings. The molecule has 2 aromatic heterocycles. The van der Waals surface area contributed by atoms with Crippen LogP contribution in [0.25, 0.3) is 17.0 Å². The molecule has 0 spiro atoms. The van der Waals surface area contributed by atoms with Crippen molar-refractivity contribution in [2.24, 2.45) is 0 Å². The van der Waals surface area contributed by atoms with Crippen molar-refractivity contribution in [3.63, 3.8) is 0 Å². The Morgan fingerprint density at radius 1 is 1.19 bits per heavy atom. The van der Waals surface area contributed by atoms with Gasteiger partial charge in [-0.2, -0.15) is 5.26 Å². The number of amides is 1. The highest BCUT2D eigenvalue weighted by atomic mass is 32.2. The minimum atomic E-state index is -0.239. The minimum absolute atomic E-state index is 0.239. The first-order valence-electron chi connectivity index (χ1n) is 7.77. The normalized spacial score (nSPS) is 14.7. The van der Waals surface area contributed by atoms with E-state index in [0.29, 0.717) is 37.3 Å². The van der Waals surface area contributed by atoms with Gasteiger partial charge in [0, 0.05) is 29.4 Å². The summed E-state index contributed by atoms with van der Waals surface area (Å²) in [7, 11) is 0. The van der Waals surface area contributed by atoms with Gasteiger partial charge in [0.1, 0.15) is 16.2 Å². The predicted molar refractivity (Wildman–Crippen MR) is 107 cm³/mol. The number of nitriles is 1. The molecule has 1 aliphatic heterocycles. The van der Waals surface area contributed by atoms with Crippen molar-refractivity contribution < 1.29 is 9.21 Å². The Morgan fingerprint density at radius 2 is 1.96 bits per heavy atom. The van der Waals surface area contributed by atoms with Crippen molar-refractivity contribution in [3.05, 3.63) is 70.1 Å². The number of hydrogen-bond donors (Lipinski definition) is 1. The van der Waals surface area contributed by atoms with Crippen LogP contribution in [0, 0.1) is 23.2 Å². The molecule has 0 bridgehead atoms. The number of benzene rings is 1. The highest BCUT2D eigenvalue weighted by Gasteiger charge is 2.22. The van der Waals surface area contributed by atoms with Crippen molar-refractivity contribution in [1.82, 2.24) is 10.3 Å². The maximum Gasteiger partial charge on any atom is 0.263 e. The predicted octanol–water partition coefficient (Wildman–Crippen LogP) is 3.59. The Hall–Kier alpha value is -3.39. The molecule has 3 aromatic rings. The lowest BCUT2D eigenvalue weighted by molar-refractivity contribution is -0.115. The van der Waals surface area contributed by atoms with Crippen molar-refractivity contribution in [2.75, 3.05) is 0 Å². The van der Waals surface area contributed by atoms with E-state index in [2.05, 4.69) is 28.2 Å². The molecule has 1 N–H and O–H groups in total. The molecule has 7 heteroatoms. The van der Waals surface area contributed by atoms with Crippen molar-refractivity contribution in [3.8, 4) is 17.9 Å². The topological polar surface area (TPSA) is 78.9 Å². The van der Waals surface area contributed by atoms with Gasteiger partial charge in [0.25, 0.3) is 5.91 Å². The van der Waals surface area contributed by atoms with Gasteiger partial charge in [-0.25, -0.2) is 0 Å². The van der Waals surface area contributed by atoms with E-state index >= 15 is 0 Å². The fraction of sp³-hybridized carbons (Fsp3) is 0. The third-order valence-corrected chi connectivity index (χ3v) is 4.90. The molecule has 5 nitrogen and oxygen atoms in total. The number of furan rings is 1. The van der Waals surface area contributed by atoms with Crippen LogP contribution < -0.4 is 5.32 Å². The van der Waals surface area contributed by atoms with Crippen LogP contribution in [-0.2, 0) is 4.79 Å². The SMILES string of the molecule is N#Cc1ccccc1C#Cc1cncc2cc(C=C3SC(=S)NC3=O)oc12. The number of carbonyl (C=O) groups excluding carboxylic acids is 1. The highest BCUT2D eigenvalue weighted by molar-refractivity contribution is 8.26. The van der Waals surface area contributed by atoms with E-state index < -0.39 is 0 Å². The number of rotatable bonds is 1. The number of carbonyl (C=O) groups is 1. The number of nitrogens with zero attached hydrogens (tertiary/aromatic N) is 2. The van der Waals surface area contributed by atoms with Gasteiger partial charge in [0.05, 0.1) is 16.0 Å². The van der Waals surface area contributed by atoms with Crippen molar-refractivity contribution >= 4 is 51.3 Å². The van der Waals surface area contributed by atoms with Crippen LogP contribution in [0.3, 0.4) is 0 Å². The van der Waals surface area contributed by atoms with E-state index in [0.717, 1.165) is 5.39 Å². The highest BCUT2D eigenvalue weighted by Crippen LogP contribution is 2.29. The smallest absolute Gasteiger partial charge is 0.263 e. The van der Waals surface area contributed by atoms with E-state index in [1.807, 2.05) is 6.07 Å². The van der Waals surface area contributed by atoms with E-state index in [1.54, 1.807) is 42.7 Å². The van der Waals surface area contributed by atoms with E-state index in [1.165, 1.54) is 11.8 Å². The first-order valence-corrected chi connectivity index (χ1v) is 9.00. The number of pyridine rings is 1. The van der Waals surface area contributed by atoms with Crippen LogP contribution >= 0.6 is 24.0 Å². The molecular formula is C20H9N3O2S2. The second kappa shape index (κ2) is 7.08. The molecule has 1 amide bonds.